The number of hydrogen-bond acceptors (Lipinski definition) is 4. The average Bonchev–Trinajstić information content (AvgIpc) is 3.18. The van der Waals surface area contributed by atoms with Crippen molar-refractivity contribution in [3.8, 4) is 11.3 Å². The van der Waals surface area contributed by atoms with Crippen molar-refractivity contribution in [1.82, 2.24) is 14.9 Å². The molecule has 0 bridgehead atoms. The van der Waals surface area contributed by atoms with Gasteiger partial charge in [-0.25, -0.2) is 4.98 Å². The summed E-state index contributed by atoms with van der Waals surface area (Å²) < 4.78 is 12.3. The number of imidazole rings is 1. The fourth-order valence-electron chi connectivity index (χ4n) is 3.87. The number of hydrogen-bond donors (Lipinski definition) is 1. The molecule has 2 aliphatic rings. The van der Waals surface area contributed by atoms with Gasteiger partial charge in [-0.2, -0.15) is 0 Å². The molecule has 27 heavy (non-hydrogen) atoms. The molecule has 0 amide bonds. The van der Waals surface area contributed by atoms with Crippen LogP contribution in [0.4, 0.5) is 0 Å². The Morgan fingerprint density at radius 3 is 2.37 bits per heavy atom. The Kier molecular flexibility index (Phi) is 4.69. The van der Waals surface area contributed by atoms with E-state index in [0.29, 0.717) is 6.04 Å². The van der Waals surface area contributed by atoms with Crippen molar-refractivity contribution in [1.29, 1.82) is 0 Å². The Morgan fingerprint density at radius 2 is 1.74 bits per heavy atom. The Bertz CT molecular complexity index is 784. The minimum atomic E-state index is -0.322. The molecule has 0 radical (unpaired) electrons. The zero-order chi connectivity index (χ0) is 19.2. The maximum absolute atomic E-state index is 6.14. The Hall–Kier alpha value is -1.63. The standard InChI is InChI=1S/C21H30BN3O2/c1-20(2)21(3,4)27-22(26-20)16-11-9-15(10-12-16)17-14-23-19(24-17)18-8-6-7-13-25(18)5/h9-12,14,18H,6-8,13H2,1-5H3,(H,23,24). The van der Waals surface area contributed by atoms with Crippen molar-refractivity contribution in [2.75, 3.05) is 13.6 Å². The van der Waals surface area contributed by atoms with E-state index in [1.807, 2.05) is 6.20 Å². The normalized spacial score (nSPS) is 25.1. The lowest BCUT2D eigenvalue weighted by atomic mass is 9.79. The van der Waals surface area contributed by atoms with E-state index < -0.39 is 0 Å². The highest BCUT2D eigenvalue weighted by Gasteiger charge is 2.51. The number of aromatic nitrogens is 2. The highest BCUT2D eigenvalue weighted by atomic mass is 16.7. The summed E-state index contributed by atoms with van der Waals surface area (Å²) in [4.78, 5) is 10.6. The van der Waals surface area contributed by atoms with Crippen molar-refractivity contribution in [2.45, 2.75) is 64.2 Å². The molecule has 3 heterocycles. The Balaban J connectivity index is 1.50. The van der Waals surface area contributed by atoms with Gasteiger partial charge >= 0.3 is 7.12 Å². The van der Waals surface area contributed by atoms with Crippen LogP contribution in [-0.2, 0) is 9.31 Å². The molecule has 6 heteroatoms. The molecule has 2 aromatic rings. The molecule has 1 N–H and O–H groups in total. The van der Waals surface area contributed by atoms with Gasteiger partial charge in [-0.3, -0.25) is 4.90 Å². The van der Waals surface area contributed by atoms with E-state index in [4.69, 9.17) is 9.31 Å². The monoisotopic (exact) mass is 367 g/mol. The van der Waals surface area contributed by atoms with Gasteiger partial charge in [0.25, 0.3) is 0 Å². The van der Waals surface area contributed by atoms with Crippen LogP contribution in [0.25, 0.3) is 11.3 Å². The number of nitrogens with zero attached hydrogens (tertiary/aromatic N) is 2. The number of aromatic amines is 1. The van der Waals surface area contributed by atoms with Crippen LogP contribution in [0.2, 0.25) is 0 Å². The quantitative estimate of drug-likeness (QED) is 0.844. The predicted molar refractivity (Wildman–Crippen MR) is 109 cm³/mol. The maximum atomic E-state index is 6.14. The lowest BCUT2D eigenvalue weighted by Crippen LogP contribution is -2.41. The molecule has 1 atom stereocenters. The Labute approximate surface area is 162 Å². The first-order chi connectivity index (χ1) is 12.8. The fraction of sp³-hybridized carbons (Fsp3) is 0.571. The van der Waals surface area contributed by atoms with Crippen molar-refractivity contribution in [2.24, 2.45) is 0 Å². The lowest BCUT2D eigenvalue weighted by molar-refractivity contribution is 0.00578. The van der Waals surface area contributed by atoms with Gasteiger partial charge in [0.2, 0.25) is 0 Å². The molecule has 0 spiro atoms. The summed E-state index contributed by atoms with van der Waals surface area (Å²) in [6, 6.07) is 8.80. The van der Waals surface area contributed by atoms with Gasteiger partial charge in [0.15, 0.2) is 0 Å². The second-order valence-corrected chi connectivity index (χ2v) is 8.88. The molecule has 5 nitrogen and oxygen atoms in total. The van der Waals surface area contributed by atoms with E-state index in [-0.39, 0.29) is 18.3 Å². The third-order valence-electron chi connectivity index (χ3n) is 6.43. The molecular weight excluding hydrogens is 337 g/mol. The van der Waals surface area contributed by atoms with Gasteiger partial charge in [-0.05, 0) is 65.2 Å². The van der Waals surface area contributed by atoms with Gasteiger partial charge in [-0.15, -0.1) is 0 Å². The van der Waals surface area contributed by atoms with Crippen LogP contribution in [-0.4, -0.2) is 46.8 Å². The largest absolute Gasteiger partial charge is 0.494 e. The maximum Gasteiger partial charge on any atom is 0.494 e. The first-order valence-corrected chi connectivity index (χ1v) is 9.98. The highest BCUT2D eigenvalue weighted by molar-refractivity contribution is 6.62. The molecule has 144 valence electrons. The minimum Gasteiger partial charge on any atom is -0.399 e. The van der Waals surface area contributed by atoms with Crippen LogP contribution in [0, 0.1) is 0 Å². The van der Waals surface area contributed by atoms with Crippen molar-refractivity contribution in [3.05, 3.63) is 36.3 Å². The topological polar surface area (TPSA) is 50.4 Å². The van der Waals surface area contributed by atoms with E-state index in [2.05, 4.69) is 73.9 Å². The van der Waals surface area contributed by atoms with Crippen LogP contribution < -0.4 is 5.46 Å². The number of nitrogens with one attached hydrogen (secondary N) is 1. The summed E-state index contributed by atoms with van der Waals surface area (Å²) in [5.41, 5.74) is 2.60. The molecule has 2 fully saturated rings. The van der Waals surface area contributed by atoms with E-state index in [1.54, 1.807) is 0 Å². The summed E-state index contributed by atoms with van der Waals surface area (Å²) in [6.07, 6.45) is 5.67. The van der Waals surface area contributed by atoms with Crippen molar-refractivity contribution < 1.29 is 9.31 Å². The fourth-order valence-corrected chi connectivity index (χ4v) is 3.87. The SMILES string of the molecule is CN1CCCCC1c1ncc(-c2ccc(B3OC(C)(C)C(C)(C)O3)cc2)[nH]1. The summed E-state index contributed by atoms with van der Waals surface area (Å²) >= 11 is 0. The molecule has 1 unspecified atom stereocenters. The van der Waals surface area contributed by atoms with Gasteiger partial charge < -0.3 is 14.3 Å². The highest BCUT2D eigenvalue weighted by Crippen LogP contribution is 2.36. The molecule has 0 saturated carbocycles. The Morgan fingerprint density at radius 1 is 1.07 bits per heavy atom. The minimum absolute atomic E-state index is 0.319. The number of likely N-dealkylation sites (tertiary alicyclic amines) is 1. The smallest absolute Gasteiger partial charge is 0.399 e. The van der Waals surface area contributed by atoms with E-state index >= 15 is 0 Å². The molecule has 2 saturated heterocycles. The second-order valence-electron chi connectivity index (χ2n) is 8.88. The average molecular weight is 367 g/mol. The summed E-state index contributed by atoms with van der Waals surface area (Å²) in [6.45, 7) is 9.46. The zero-order valence-electron chi connectivity index (χ0n) is 17.1. The van der Waals surface area contributed by atoms with E-state index in [9.17, 15) is 0 Å². The van der Waals surface area contributed by atoms with Crippen molar-refractivity contribution in [3.63, 3.8) is 0 Å². The number of piperidine rings is 1. The van der Waals surface area contributed by atoms with Crippen LogP contribution in [0.3, 0.4) is 0 Å². The first-order valence-electron chi connectivity index (χ1n) is 9.98. The molecule has 4 rings (SSSR count). The van der Waals surface area contributed by atoms with Gasteiger partial charge in [-0.1, -0.05) is 30.7 Å². The third kappa shape index (κ3) is 3.46. The van der Waals surface area contributed by atoms with Crippen LogP contribution in [0.1, 0.15) is 58.8 Å². The number of benzene rings is 1. The van der Waals surface area contributed by atoms with Gasteiger partial charge in [0, 0.05) is 0 Å². The third-order valence-corrected chi connectivity index (χ3v) is 6.43. The predicted octanol–water partition coefficient (Wildman–Crippen LogP) is 3.53. The molecule has 1 aromatic heterocycles. The lowest BCUT2D eigenvalue weighted by Gasteiger charge is -2.32. The molecule has 2 aliphatic heterocycles. The zero-order valence-corrected chi connectivity index (χ0v) is 17.1. The van der Waals surface area contributed by atoms with E-state index in [1.165, 1.54) is 19.3 Å². The van der Waals surface area contributed by atoms with E-state index in [0.717, 1.165) is 29.1 Å². The summed E-state index contributed by atoms with van der Waals surface area (Å²) in [7, 11) is 1.86. The second kappa shape index (κ2) is 6.76. The summed E-state index contributed by atoms with van der Waals surface area (Å²) in [5.74, 6) is 1.07. The van der Waals surface area contributed by atoms with Crippen LogP contribution in [0.5, 0.6) is 0 Å². The van der Waals surface area contributed by atoms with Crippen LogP contribution in [0.15, 0.2) is 30.5 Å². The summed E-state index contributed by atoms with van der Waals surface area (Å²) in [5, 5.41) is 0. The van der Waals surface area contributed by atoms with Crippen LogP contribution >= 0.6 is 0 Å². The first kappa shape index (κ1) is 18.7. The number of H-pyrrole nitrogens is 1. The number of rotatable bonds is 3. The van der Waals surface area contributed by atoms with Gasteiger partial charge in [0.05, 0.1) is 29.1 Å². The van der Waals surface area contributed by atoms with Gasteiger partial charge in [0.1, 0.15) is 5.82 Å². The molecule has 1 aromatic carbocycles. The van der Waals surface area contributed by atoms with Crippen molar-refractivity contribution >= 4 is 12.6 Å². The molecular formula is C21H30BN3O2. The molecule has 0 aliphatic carbocycles.